The van der Waals surface area contributed by atoms with Crippen LogP contribution in [0.25, 0.3) is 0 Å². The van der Waals surface area contributed by atoms with Crippen molar-refractivity contribution >= 4 is 5.97 Å². The third-order valence-corrected chi connectivity index (χ3v) is 2.82. The minimum Gasteiger partial charge on any atom is -0.415 e. The van der Waals surface area contributed by atoms with Gasteiger partial charge in [0, 0.05) is 0 Å². The third kappa shape index (κ3) is 3.10. The number of carbonyl (C=O) groups excluding carboxylic acids is 1. The molecule has 0 amide bonds. The standard InChI is InChI=1S/C15H19NO2/c1-9(2)12-6-11(5)7-13(10(3)4)15(12)18-14(17)8-16/h6-7,9-10H,1-5H3. The van der Waals surface area contributed by atoms with Gasteiger partial charge in [0.25, 0.3) is 0 Å². The van der Waals surface area contributed by atoms with Crippen LogP contribution in [0.4, 0.5) is 0 Å². The van der Waals surface area contributed by atoms with Crippen molar-refractivity contribution in [3.8, 4) is 11.8 Å². The molecular weight excluding hydrogens is 226 g/mol. The molecule has 1 aromatic carbocycles. The average Bonchev–Trinajstić information content (AvgIpc) is 2.29. The van der Waals surface area contributed by atoms with Gasteiger partial charge in [-0.05, 0) is 29.9 Å². The van der Waals surface area contributed by atoms with Gasteiger partial charge in [-0.1, -0.05) is 45.4 Å². The summed E-state index contributed by atoms with van der Waals surface area (Å²) < 4.78 is 5.20. The number of hydrogen-bond donors (Lipinski definition) is 0. The van der Waals surface area contributed by atoms with Crippen molar-refractivity contribution in [3.05, 3.63) is 28.8 Å². The number of benzene rings is 1. The number of ether oxygens (including phenoxy) is 1. The number of esters is 1. The Hall–Kier alpha value is -1.82. The molecule has 0 aromatic heterocycles. The van der Waals surface area contributed by atoms with Gasteiger partial charge < -0.3 is 4.74 Å². The van der Waals surface area contributed by atoms with Crippen LogP contribution < -0.4 is 4.74 Å². The molecule has 96 valence electrons. The van der Waals surface area contributed by atoms with Crippen LogP contribution in [0, 0.1) is 18.3 Å². The van der Waals surface area contributed by atoms with Crippen LogP contribution >= 0.6 is 0 Å². The molecule has 1 rings (SSSR count). The molecule has 0 heterocycles. The number of nitrogens with zero attached hydrogens (tertiary/aromatic N) is 1. The summed E-state index contributed by atoms with van der Waals surface area (Å²) in [5, 5.41) is 8.59. The van der Waals surface area contributed by atoms with E-state index >= 15 is 0 Å². The van der Waals surface area contributed by atoms with Crippen LogP contribution in [0.1, 0.15) is 56.2 Å². The van der Waals surface area contributed by atoms with Crippen molar-refractivity contribution in [2.45, 2.75) is 46.5 Å². The summed E-state index contributed by atoms with van der Waals surface area (Å²) in [5.41, 5.74) is 3.09. The second-order valence-corrected chi connectivity index (χ2v) is 5.08. The maximum Gasteiger partial charge on any atom is 0.416 e. The van der Waals surface area contributed by atoms with E-state index in [0.717, 1.165) is 16.7 Å². The van der Waals surface area contributed by atoms with Gasteiger partial charge in [0.1, 0.15) is 5.75 Å². The normalized spacial score (nSPS) is 10.6. The van der Waals surface area contributed by atoms with Crippen LogP contribution in [0.5, 0.6) is 5.75 Å². The number of hydrogen-bond acceptors (Lipinski definition) is 3. The lowest BCUT2D eigenvalue weighted by Crippen LogP contribution is -2.10. The largest absolute Gasteiger partial charge is 0.416 e. The second-order valence-electron chi connectivity index (χ2n) is 5.08. The summed E-state index contributed by atoms with van der Waals surface area (Å²) in [7, 11) is 0. The molecule has 0 unspecified atom stereocenters. The van der Waals surface area contributed by atoms with Gasteiger partial charge in [0.05, 0.1) is 0 Å². The number of aryl methyl sites for hydroxylation is 1. The minimum absolute atomic E-state index is 0.240. The first-order valence-corrected chi connectivity index (χ1v) is 6.13. The minimum atomic E-state index is -0.859. The third-order valence-electron chi connectivity index (χ3n) is 2.82. The zero-order chi connectivity index (χ0) is 13.9. The summed E-state index contributed by atoms with van der Waals surface area (Å²) in [6, 6.07) is 5.52. The first-order chi connectivity index (χ1) is 8.36. The molecule has 18 heavy (non-hydrogen) atoms. The van der Waals surface area contributed by atoms with Crippen LogP contribution in [0.3, 0.4) is 0 Å². The van der Waals surface area contributed by atoms with E-state index < -0.39 is 5.97 Å². The summed E-state index contributed by atoms with van der Waals surface area (Å²) >= 11 is 0. The van der Waals surface area contributed by atoms with Crippen molar-refractivity contribution in [1.29, 1.82) is 5.26 Å². The Bertz CT molecular complexity index is 467. The topological polar surface area (TPSA) is 50.1 Å². The van der Waals surface area contributed by atoms with E-state index in [1.165, 1.54) is 6.07 Å². The maximum atomic E-state index is 11.2. The Labute approximate surface area is 108 Å². The predicted octanol–water partition coefficient (Wildman–Crippen LogP) is 3.67. The fourth-order valence-electron chi connectivity index (χ4n) is 1.92. The van der Waals surface area contributed by atoms with Gasteiger partial charge in [-0.2, -0.15) is 5.26 Å². The Morgan fingerprint density at radius 1 is 1.17 bits per heavy atom. The smallest absolute Gasteiger partial charge is 0.415 e. The summed E-state index contributed by atoms with van der Waals surface area (Å²) in [6.45, 7) is 10.2. The molecule has 0 atom stereocenters. The quantitative estimate of drug-likeness (QED) is 0.464. The highest BCUT2D eigenvalue weighted by atomic mass is 16.5. The summed E-state index contributed by atoms with van der Waals surface area (Å²) in [5.74, 6) is 0.174. The van der Waals surface area contributed by atoms with E-state index in [2.05, 4.69) is 0 Å². The average molecular weight is 245 g/mol. The Balaban J connectivity index is 3.41. The van der Waals surface area contributed by atoms with Crippen molar-refractivity contribution in [2.24, 2.45) is 0 Å². The van der Waals surface area contributed by atoms with Crippen molar-refractivity contribution in [3.63, 3.8) is 0 Å². The molecule has 0 N–H and O–H groups in total. The highest BCUT2D eigenvalue weighted by Gasteiger charge is 2.18. The Kier molecular flexibility index (Phi) is 4.49. The molecule has 3 nitrogen and oxygen atoms in total. The zero-order valence-corrected chi connectivity index (χ0v) is 11.6. The summed E-state index contributed by atoms with van der Waals surface area (Å²) in [6.07, 6.45) is 0. The van der Waals surface area contributed by atoms with E-state index in [1.807, 2.05) is 46.8 Å². The number of carbonyl (C=O) groups is 1. The van der Waals surface area contributed by atoms with Crippen molar-refractivity contribution < 1.29 is 9.53 Å². The van der Waals surface area contributed by atoms with Gasteiger partial charge in [-0.25, -0.2) is 4.79 Å². The molecule has 0 saturated heterocycles. The predicted molar refractivity (Wildman–Crippen MR) is 70.6 cm³/mol. The van der Waals surface area contributed by atoms with Gasteiger partial charge >= 0.3 is 5.97 Å². The van der Waals surface area contributed by atoms with Crippen molar-refractivity contribution in [1.82, 2.24) is 0 Å². The summed E-state index contributed by atoms with van der Waals surface area (Å²) in [4.78, 5) is 11.2. The van der Waals surface area contributed by atoms with Gasteiger partial charge in [0.2, 0.25) is 0 Å². The lowest BCUT2D eigenvalue weighted by molar-refractivity contribution is -0.128. The monoisotopic (exact) mass is 245 g/mol. The number of rotatable bonds is 3. The van der Waals surface area contributed by atoms with Crippen molar-refractivity contribution in [2.75, 3.05) is 0 Å². The highest BCUT2D eigenvalue weighted by Crippen LogP contribution is 2.35. The molecule has 0 radical (unpaired) electrons. The maximum absolute atomic E-state index is 11.2. The Morgan fingerprint density at radius 3 is 1.94 bits per heavy atom. The molecule has 0 spiro atoms. The molecule has 0 bridgehead atoms. The molecule has 3 heteroatoms. The SMILES string of the molecule is Cc1cc(C(C)C)c(OC(=O)C#N)c(C(C)C)c1. The van der Waals surface area contributed by atoms with Crippen LogP contribution in [0.2, 0.25) is 0 Å². The Morgan fingerprint density at radius 2 is 1.61 bits per heavy atom. The first-order valence-electron chi connectivity index (χ1n) is 6.13. The van der Waals surface area contributed by atoms with Gasteiger partial charge in [-0.3, -0.25) is 0 Å². The van der Waals surface area contributed by atoms with E-state index in [1.54, 1.807) is 0 Å². The van der Waals surface area contributed by atoms with Crippen LogP contribution in [0.15, 0.2) is 12.1 Å². The molecule has 1 aromatic rings. The number of nitriles is 1. The lowest BCUT2D eigenvalue weighted by Gasteiger charge is -2.19. The van der Waals surface area contributed by atoms with E-state index in [4.69, 9.17) is 10.00 Å². The van der Waals surface area contributed by atoms with E-state index in [9.17, 15) is 4.79 Å². The van der Waals surface area contributed by atoms with Gasteiger partial charge in [0.15, 0.2) is 6.07 Å². The zero-order valence-electron chi connectivity index (χ0n) is 11.6. The van der Waals surface area contributed by atoms with E-state index in [0.29, 0.717) is 5.75 Å². The molecule has 0 fully saturated rings. The first kappa shape index (κ1) is 14.2. The molecule has 0 saturated carbocycles. The molecule has 0 aliphatic carbocycles. The van der Waals surface area contributed by atoms with E-state index in [-0.39, 0.29) is 11.8 Å². The van der Waals surface area contributed by atoms with Crippen LogP contribution in [-0.4, -0.2) is 5.97 Å². The van der Waals surface area contributed by atoms with Crippen LogP contribution in [-0.2, 0) is 4.79 Å². The molecular formula is C15H19NO2. The molecule has 0 aliphatic heterocycles. The second kappa shape index (κ2) is 5.68. The fourth-order valence-corrected chi connectivity index (χ4v) is 1.92. The molecule has 0 aliphatic rings. The highest BCUT2D eigenvalue weighted by molar-refractivity contribution is 5.88. The van der Waals surface area contributed by atoms with Gasteiger partial charge in [-0.15, -0.1) is 0 Å². The lowest BCUT2D eigenvalue weighted by atomic mass is 9.92. The fraction of sp³-hybridized carbons (Fsp3) is 0.467.